The van der Waals surface area contributed by atoms with Crippen LogP contribution in [0.1, 0.15) is 75.7 Å². The Kier molecular flexibility index (Phi) is 7.92. The van der Waals surface area contributed by atoms with Crippen molar-refractivity contribution < 1.29 is 14.3 Å². The first-order valence-corrected chi connectivity index (χ1v) is 15.6. The van der Waals surface area contributed by atoms with Crippen LogP contribution in [0.25, 0.3) is 22.7 Å². The number of imidazole rings is 1. The predicted octanol–water partition coefficient (Wildman–Crippen LogP) is 6.27. The fraction of sp³-hybridized carbons (Fsp3) is 0.500. The quantitative estimate of drug-likeness (QED) is 0.232. The van der Waals surface area contributed by atoms with Gasteiger partial charge in [0.05, 0.1) is 23.1 Å². The summed E-state index contributed by atoms with van der Waals surface area (Å²) < 4.78 is 5.58. The second kappa shape index (κ2) is 11.5. The molecule has 0 saturated heterocycles. The van der Waals surface area contributed by atoms with Gasteiger partial charge in [-0.25, -0.2) is 4.98 Å². The van der Waals surface area contributed by atoms with E-state index in [0.29, 0.717) is 17.5 Å². The van der Waals surface area contributed by atoms with Crippen LogP contribution in [-0.2, 0) is 19.7 Å². The van der Waals surface area contributed by atoms with Crippen LogP contribution in [0.15, 0.2) is 42.5 Å². The molecule has 0 radical (unpaired) electrons. The van der Waals surface area contributed by atoms with E-state index in [0.717, 1.165) is 60.1 Å². The number of methoxy groups -OCH3 is 1. The van der Waals surface area contributed by atoms with E-state index >= 15 is 0 Å². The minimum Gasteiger partial charge on any atom is -0.383 e. The summed E-state index contributed by atoms with van der Waals surface area (Å²) >= 11 is 6.33. The lowest BCUT2D eigenvalue weighted by molar-refractivity contribution is -0.135. The van der Waals surface area contributed by atoms with Crippen LogP contribution in [0.5, 0.6) is 0 Å². The molecule has 2 unspecified atom stereocenters. The van der Waals surface area contributed by atoms with Gasteiger partial charge in [0.15, 0.2) is 0 Å². The van der Waals surface area contributed by atoms with E-state index in [-0.39, 0.29) is 29.8 Å². The van der Waals surface area contributed by atoms with E-state index in [1.807, 2.05) is 43.3 Å². The second-order valence-electron chi connectivity index (χ2n) is 13.1. The van der Waals surface area contributed by atoms with Crippen molar-refractivity contribution in [3.63, 3.8) is 0 Å². The lowest BCUT2D eigenvalue weighted by Crippen LogP contribution is -2.57. The van der Waals surface area contributed by atoms with Gasteiger partial charge in [0.25, 0.3) is 0 Å². The van der Waals surface area contributed by atoms with Crippen LogP contribution in [-0.4, -0.2) is 48.1 Å². The number of nitrogens with zero attached hydrogens (tertiary/aromatic N) is 1. The molecule has 1 heterocycles. The Labute approximate surface area is 252 Å². The number of hydrogen-bond donors (Lipinski definition) is 3. The number of H-pyrrole nitrogens is 1. The molecule has 3 saturated carbocycles. The molecule has 1 aromatic heterocycles. The van der Waals surface area contributed by atoms with E-state index in [4.69, 9.17) is 21.3 Å². The summed E-state index contributed by atoms with van der Waals surface area (Å²) in [5, 5.41) is 6.93. The number of rotatable bonds is 12. The Hall–Kier alpha value is -3.16. The summed E-state index contributed by atoms with van der Waals surface area (Å²) in [5.74, 6) is 1.25. The van der Waals surface area contributed by atoms with E-state index < -0.39 is 11.5 Å². The first kappa shape index (κ1) is 28.9. The summed E-state index contributed by atoms with van der Waals surface area (Å²) in [7, 11) is 1.60. The standard InChI is InChI=1S/C34H41ClN4O3/c1-33(14-15-33)26(23-8-5-9-25(35)16-23)18-29-37-27-13-12-24(17-28(27)38-29)34(2,20-42-3)32(41)39-30(22-6-4-7-22)31(40)36-19-21-10-11-21/h5,8-9,12-13,16-18,21-22,30H,4,6-7,10-11,14-15,19-20H2,1-3H3,(H,36,40)(H,37,38)(H,39,41)/b26-18-. The maximum atomic E-state index is 13.9. The highest BCUT2D eigenvalue weighted by atomic mass is 35.5. The zero-order valence-corrected chi connectivity index (χ0v) is 25.5. The third kappa shape index (κ3) is 6.00. The summed E-state index contributed by atoms with van der Waals surface area (Å²) in [6.07, 6.45) is 9.71. The molecule has 42 heavy (non-hydrogen) atoms. The van der Waals surface area contributed by atoms with Crippen molar-refractivity contribution in [2.24, 2.45) is 17.3 Å². The first-order valence-electron chi connectivity index (χ1n) is 15.2. The molecule has 3 fully saturated rings. The molecular weight excluding hydrogens is 548 g/mol. The van der Waals surface area contributed by atoms with Crippen molar-refractivity contribution in [1.82, 2.24) is 20.6 Å². The van der Waals surface area contributed by atoms with Gasteiger partial charge >= 0.3 is 0 Å². The normalized spacial score (nSPS) is 20.4. The van der Waals surface area contributed by atoms with Crippen LogP contribution < -0.4 is 10.6 Å². The van der Waals surface area contributed by atoms with Crippen molar-refractivity contribution in [3.05, 3.63) is 64.4 Å². The molecule has 6 rings (SSSR count). The van der Waals surface area contributed by atoms with E-state index in [2.05, 4.69) is 34.7 Å². The average Bonchev–Trinajstić information content (AvgIpc) is 3.87. The number of nitrogens with one attached hydrogen (secondary N) is 3. The monoisotopic (exact) mass is 588 g/mol. The number of carbonyl (C=O) groups excluding carboxylic acids is 2. The zero-order chi connectivity index (χ0) is 29.5. The van der Waals surface area contributed by atoms with Gasteiger partial charge in [0.2, 0.25) is 11.8 Å². The van der Waals surface area contributed by atoms with Gasteiger partial charge in [0, 0.05) is 18.7 Å². The Bertz CT molecular complexity index is 1520. The highest BCUT2D eigenvalue weighted by molar-refractivity contribution is 6.30. The number of benzene rings is 2. The van der Waals surface area contributed by atoms with Crippen LogP contribution >= 0.6 is 11.6 Å². The number of allylic oxidation sites excluding steroid dienone is 1. The highest BCUT2D eigenvalue weighted by Crippen LogP contribution is 2.55. The van der Waals surface area contributed by atoms with Gasteiger partial charge in [-0.3, -0.25) is 9.59 Å². The van der Waals surface area contributed by atoms with Gasteiger partial charge in [-0.1, -0.05) is 43.1 Å². The molecule has 3 aromatic rings. The number of carbonyl (C=O) groups is 2. The van der Waals surface area contributed by atoms with Crippen LogP contribution in [0.4, 0.5) is 0 Å². The largest absolute Gasteiger partial charge is 0.383 e. The molecule has 222 valence electrons. The molecule has 2 amide bonds. The van der Waals surface area contributed by atoms with Crippen molar-refractivity contribution in [1.29, 1.82) is 0 Å². The molecule has 3 aliphatic carbocycles. The lowest BCUT2D eigenvalue weighted by Gasteiger charge is -2.36. The fourth-order valence-corrected chi connectivity index (χ4v) is 6.20. The van der Waals surface area contributed by atoms with Gasteiger partial charge in [-0.2, -0.15) is 0 Å². The van der Waals surface area contributed by atoms with Gasteiger partial charge in [-0.15, -0.1) is 0 Å². The number of fused-ring (bicyclic) bond motifs is 1. The summed E-state index contributed by atoms with van der Waals surface area (Å²) in [4.78, 5) is 35.4. The number of aromatic nitrogens is 2. The third-order valence-corrected chi connectivity index (χ3v) is 9.83. The molecule has 7 nitrogen and oxygen atoms in total. The molecular formula is C34H41ClN4O3. The van der Waals surface area contributed by atoms with Crippen molar-refractivity contribution in [2.75, 3.05) is 20.3 Å². The van der Waals surface area contributed by atoms with E-state index in [1.165, 1.54) is 18.4 Å². The lowest BCUT2D eigenvalue weighted by atomic mass is 9.77. The Morgan fingerprint density at radius 2 is 1.98 bits per heavy atom. The number of ether oxygens (including phenoxy) is 1. The van der Waals surface area contributed by atoms with Crippen molar-refractivity contribution in [2.45, 2.75) is 70.3 Å². The summed E-state index contributed by atoms with van der Waals surface area (Å²) in [6, 6.07) is 13.3. The predicted molar refractivity (Wildman–Crippen MR) is 167 cm³/mol. The molecule has 3 aliphatic rings. The molecule has 8 heteroatoms. The molecule has 2 atom stereocenters. The van der Waals surface area contributed by atoms with E-state index in [1.54, 1.807) is 7.11 Å². The summed E-state index contributed by atoms with van der Waals surface area (Å²) in [5.41, 5.74) is 3.91. The number of hydrogen-bond acceptors (Lipinski definition) is 4. The Balaban J connectivity index is 1.27. The van der Waals surface area contributed by atoms with E-state index in [9.17, 15) is 9.59 Å². The third-order valence-electron chi connectivity index (χ3n) is 9.59. The molecule has 0 spiro atoms. The molecule has 3 N–H and O–H groups in total. The minimum absolute atomic E-state index is 0.0694. The average molecular weight is 589 g/mol. The SMILES string of the molecule is COCC(C)(C(=O)NC(C(=O)NCC1CC1)C1CCC1)c1ccc2nc(/C=C(/c3cccc(Cl)c3)C3(C)CC3)[nH]c2c1. The minimum atomic E-state index is -0.990. The fourth-order valence-electron chi connectivity index (χ4n) is 6.01. The van der Waals surface area contributed by atoms with Gasteiger partial charge in [-0.05, 0) is 110 Å². The molecule has 0 bridgehead atoms. The van der Waals surface area contributed by atoms with Crippen LogP contribution in [0, 0.1) is 17.3 Å². The van der Waals surface area contributed by atoms with Gasteiger partial charge in [0.1, 0.15) is 11.9 Å². The smallest absolute Gasteiger partial charge is 0.242 e. The van der Waals surface area contributed by atoms with Crippen LogP contribution in [0.3, 0.4) is 0 Å². The number of aromatic amines is 1. The van der Waals surface area contributed by atoms with Crippen molar-refractivity contribution >= 4 is 46.1 Å². The Morgan fingerprint density at radius 1 is 1.19 bits per heavy atom. The molecule has 2 aromatic carbocycles. The second-order valence-corrected chi connectivity index (χ2v) is 13.5. The first-order chi connectivity index (χ1) is 20.2. The number of halogens is 1. The van der Waals surface area contributed by atoms with Crippen molar-refractivity contribution in [3.8, 4) is 0 Å². The van der Waals surface area contributed by atoms with Crippen LogP contribution in [0.2, 0.25) is 5.02 Å². The maximum absolute atomic E-state index is 13.9. The van der Waals surface area contributed by atoms with Gasteiger partial charge < -0.3 is 20.4 Å². The Morgan fingerprint density at radius 3 is 2.62 bits per heavy atom. The zero-order valence-electron chi connectivity index (χ0n) is 24.8. The topological polar surface area (TPSA) is 96.1 Å². The highest BCUT2D eigenvalue weighted by Gasteiger charge is 2.42. The number of amides is 2. The summed E-state index contributed by atoms with van der Waals surface area (Å²) in [6.45, 7) is 5.04. The maximum Gasteiger partial charge on any atom is 0.242 e. The molecule has 0 aliphatic heterocycles.